The van der Waals surface area contributed by atoms with Gasteiger partial charge in [0.1, 0.15) is 0 Å². The minimum absolute atomic E-state index is 0.615. The Balaban J connectivity index is 0.000000147. The fourth-order valence-electron chi connectivity index (χ4n) is 15.7. The first-order chi connectivity index (χ1) is 56.0. The Kier molecular flexibility index (Phi) is 17.4. The predicted octanol–water partition coefficient (Wildman–Crippen LogP) is 26.2. The number of benzene rings is 16. The van der Waals surface area contributed by atoms with Crippen LogP contribution in [0.4, 0.5) is 0 Å². The second kappa shape index (κ2) is 29.3. The van der Waals surface area contributed by atoms with Crippen molar-refractivity contribution < 1.29 is 0 Å². The third-order valence-corrected chi connectivity index (χ3v) is 21.2. The van der Waals surface area contributed by atoms with Crippen LogP contribution in [-0.4, -0.2) is 44.4 Å². The second-order valence-corrected chi connectivity index (χ2v) is 28.1. The summed E-state index contributed by atoms with van der Waals surface area (Å²) in [6.07, 6.45) is 0. The highest BCUT2D eigenvalue weighted by atomic mass is 15.0. The third-order valence-electron chi connectivity index (χ3n) is 21.2. The molecule has 0 radical (unpaired) electrons. The van der Waals surface area contributed by atoms with E-state index in [1.165, 1.54) is 32.6 Å². The highest BCUT2D eigenvalue weighted by molar-refractivity contribution is 6.18. The van der Waals surface area contributed by atoms with E-state index in [0.29, 0.717) is 34.9 Å². The van der Waals surface area contributed by atoms with Crippen LogP contribution in [0.2, 0.25) is 0 Å². The molecule has 0 aliphatic heterocycles. The fourth-order valence-corrected chi connectivity index (χ4v) is 15.7. The lowest BCUT2D eigenvalue weighted by atomic mass is 9.94. The number of hydrogen-bond acceptors (Lipinski definition) is 8. The lowest BCUT2D eigenvalue weighted by molar-refractivity contribution is 1.07. The van der Waals surface area contributed by atoms with Crippen molar-refractivity contribution in [1.82, 2.24) is 44.4 Å². The van der Waals surface area contributed by atoms with E-state index in [4.69, 9.17) is 39.9 Å². The van der Waals surface area contributed by atoms with E-state index >= 15 is 0 Å². The van der Waals surface area contributed by atoms with Crippen LogP contribution in [0.15, 0.2) is 406 Å². The maximum Gasteiger partial charge on any atom is 0.164 e. The molecule has 16 aromatic carbocycles. The topological polar surface area (TPSA) is 108 Å². The Morgan fingerprint density at radius 2 is 0.425 bits per heavy atom. The van der Waals surface area contributed by atoms with Crippen molar-refractivity contribution >= 4 is 65.2 Å². The Morgan fingerprint density at radius 1 is 0.159 bits per heavy atom. The van der Waals surface area contributed by atoms with Crippen molar-refractivity contribution in [3.8, 4) is 141 Å². The summed E-state index contributed by atoms with van der Waals surface area (Å²) in [5, 5.41) is 9.37. The van der Waals surface area contributed by atoms with Gasteiger partial charge in [0.25, 0.3) is 0 Å². The summed E-state index contributed by atoms with van der Waals surface area (Å²) >= 11 is 0. The quantitative estimate of drug-likeness (QED) is 0.105. The van der Waals surface area contributed by atoms with Gasteiger partial charge in [-0.1, -0.05) is 346 Å². The minimum Gasteiger partial charge on any atom is -0.309 e. The average Bonchev–Trinajstić information content (AvgIpc) is 1.66. The summed E-state index contributed by atoms with van der Waals surface area (Å²) in [7, 11) is 0. The molecular formula is C104H67N9. The molecule has 21 aromatic rings. The monoisotopic (exact) mass is 1440 g/mol. The van der Waals surface area contributed by atoms with Gasteiger partial charge in [0.15, 0.2) is 34.9 Å². The number of hydrogen-bond donors (Lipinski definition) is 0. The Labute approximate surface area is 653 Å². The average molecular weight is 1440 g/mol. The van der Waals surface area contributed by atoms with Crippen molar-refractivity contribution in [1.29, 1.82) is 0 Å². The highest BCUT2D eigenvalue weighted by Gasteiger charge is 2.21. The maximum absolute atomic E-state index is 5.23. The van der Waals surface area contributed by atoms with E-state index in [1.807, 2.05) is 54.6 Å². The van der Waals surface area contributed by atoms with Crippen molar-refractivity contribution in [3.05, 3.63) is 406 Å². The van der Waals surface area contributed by atoms with E-state index in [0.717, 1.165) is 139 Å². The number of pyridine rings is 2. The van der Waals surface area contributed by atoms with Gasteiger partial charge in [-0.3, -0.25) is 0 Å². The molecule has 0 fully saturated rings. The van der Waals surface area contributed by atoms with E-state index in [9.17, 15) is 0 Å². The minimum atomic E-state index is 0.615. The number of rotatable bonds is 13. The van der Waals surface area contributed by atoms with Crippen LogP contribution in [0.5, 0.6) is 0 Å². The number of aromatic nitrogens is 9. The summed E-state index contributed by atoms with van der Waals surface area (Å²) in [5.41, 5.74) is 24.0. The SMILES string of the molecule is c1ccc(-c2cccc(-c3nc(-c4ccc(-c5cccc6nc(-c7ccccc7)c7ccccc7c56)cc4)nc(-c4cccc(-c5ccccc5)c4)n3)c2)cc1.c1ccc(-c2nc(-c3ccc(-c4cccc5nc(-c6ccccc6)c6ccccc6c45)cc3)nc(-c3ccc(-n4c5ccccc5c5ccccc54)cc3)n2)cc1. The molecule has 0 bridgehead atoms. The number of para-hydroxylation sites is 2. The van der Waals surface area contributed by atoms with E-state index in [-0.39, 0.29) is 0 Å². The van der Waals surface area contributed by atoms with Crippen molar-refractivity contribution in [2.75, 3.05) is 0 Å². The molecule has 0 aliphatic rings. The van der Waals surface area contributed by atoms with Gasteiger partial charge in [-0.15, -0.1) is 0 Å². The maximum atomic E-state index is 5.23. The van der Waals surface area contributed by atoms with E-state index in [1.54, 1.807) is 0 Å². The molecule has 5 heterocycles. The molecule has 0 spiro atoms. The molecule has 5 aromatic heterocycles. The highest BCUT2D eigenvalue weighted by Crippen LogP contribution is 2.42. The molecule has 0 saturated heterocycles. The largest absolute Gasteiger partial charge is 0.309 e. The summed E-state index contributed by atoms with van der Waals surface area (Å²) < 4.78 is 2.32. The zero-order chi connectivity index (χ0) is 75.0. The van der Waals surface area contributed by atoms with Gasteiger partial charge in [-0.25, -0.2) is 39.9 Å². The summed E-state index contributed by atoms with van der Waals surface area (Å²) in [4.78, 5) is 40.9. The molecular weight excluding hydrogens is 1380 g/mol. The van der Waals surface area contributed by atoms with Gasteiger partial charge in [-0.2, -0.15) is 0 Å². The standard InChI is InChI=1S/C52H33N5.C52H34N4/c1-3-14-35(15-4-1)49-44-21-8-7-20-43(44)48-40(22-13-23-45(48)53-49)34-26-28-37(29-27-34)51-54-50(36-16-5-2-6-17-36)55-52(56-51)38-30-32-39(33-31-38)57-46-24-11-9-18-41(46)42-19-10-12-25-47(42)57;1-4-15-35(16-5-1)40-21-12-23-42(33-40)51-54-50(55-52(56-51)43-24-13-22-41(34-43)36-17-6-2-7-18-36)39-31-29-37(30-32-39)44-27-14-28-47-48(44)45-25-10-11-26-46(45)49(53-47)38-19-8-3-9-20-38/h1-33H;1-34H. The first-order valence-electron chi connectivity index (χ1n) is 38.0. The Bertz CT molecular complexity index is 6970. The third kappa shape index (κ3) is 13.0. The first-order valence-corrected chi connectivity index (χ1v) is 38.0. The first kappa shape index (κ1) is 67.1. The number of nitrogens with zero attached hydrogens (tertiary/aromatic N) is 9. The van der Waals surface area contributed by atoms with Crippen molar-refractivity contribution in [3.63, 3.8) is 0 Å². The Morgan fingerprint density at radius 3 is 0.805 bits per heavy atom. The van der Waals surface area contributed by atoms with Gasteiger partial charge in [0.05, 0.1) is 33.5 Å². The Hall–Kier alpha value is -15.3. The summed E-state index contributed by atoms with van der Waals surface area (Å²) in [5.74, 6) is 3.74. The van der Waals surface area contributed by atoms with Crippen LogP contribution in [0.25, 0.3) is 206 Å². The summed E-state index contributed by atoms with van der Waals surface area (Å²) in [6.45, 7) is 0. The van der Waals surface area contributed by atoms with E-state index in [2.05, 4.69) is 356 Å². The van der Waals surface area contributed by atoms with Gasteiger partial charge in [0, 0.05) is 82.5 Å². The zero-order valence-corrected chi connectivity index (χ0v) is 61.2. The van der Waals surface area contributed by atoms with E-state index < -0.39 is 0 Å². The molecule has 9 heteroatoms. The van der Waals surface area contributed by atoms with Gasteiger partial charge in [-0.05, 0) is 116 Å². The number of fused-ring (bicyclic) bond motifs is 9. The molecule has 0 amide bonds. The molecule has 0 saturated carbocycles. The predicted molar refractivity (Wildman–Crippen MR) is 465 cm³/mol. The molecule has 0 aliphatic carbocycles. The molecule has 528 valence electrons. The van der Waals surface area contributed by atoms with Gasteiger partial charge >= 0.3 is 0 Å². The van der Waals surface area contributed by atoms with Crippen molar-refractivity contribution in [2.24, 2.45) is 0 Å². The zero-order valence-electron chi connectivity index (χ0n) is 61.2. The van der Waals surface area contributed by atoms with Gasteiger partial charge < -0.3 is 4.57 Å². The smallest absolute Gasteiger partial charge is 0.164 e. The molecule has 9 nitrogen and oxygen atoms in total. The van der Waals surface area contributed by atoms with Crippen LogP contribution in [0.1, 0.15) is 0 Å². The fraction of sp³-hybridized carbons (Fsp3) is 0. The normalized spacial score (nSPS) is 11.4. The molecule has 0 N–H and O–H groups in total. The lowest BCUT2D eigenvalue weighted by Crippen LogP contribution is -2.00. The van der Waals surface area contributed by atoms with Crippen LogP contribution in [0.3, 0.4) is 0 Å². The summed E-state index contributed by atoms with van der Waals surface area (Å²) in [6, 6.07) is 141. The van der Waals surface area contributed by atoms with Crippen molar-refractivity contribution in [2.45, 2.75) is 0 Å². The second-order valence-electron chi connectivity index (χ2n) is 28.1. The molecule has 0 atom stereocenters. The van der Waals surface area contributed by atoms with Crippen LogP contribution in [0, 0.1) is 0 Å². The molecule has 21 rings (SSSR count). The van der Waals surface area contributed by atoms with Crippen LogP contribution >= 0.6 is 0 Å². The molecule has 113 heavy (non-hydrogen) atoms. The van der Waals surface area contributed by atoms with Crippen LogP contribution in [-0.2, 0) is 0 Å². The van der Waals surface area contributed by atoms with Crippen LogP contribution < -0.4 is 0 Å². The van der Waals surface area contributed by atoms with Gasteiger partial charge in [0.2, 0.25) is 0 Å². The lowest BCUT2D eigenvalue weighted by Gasteiger charge is -2.14. The molecule has 0 unspecified atom stereocenters.